The molecule has 15 heavy (non-hydrogen) atoms. The lowest BCUT2D eigenvalue weighted by Crippen LogP contribution is -2.61. The summed E-state index contributed by atoms with van der Waals surface area (Å²) in [5, 5.41) is 48.5. The molecule has 0 rings (SSSR count). The molecule has 13 nitrogen and oxygen atoms in total. The van der Waals surface area contributed by atoms with E-state index in [9.17, 15) is 0 Å². The quantitative estimate of drug-likeness (QED) is 0.147. The van der Waals surface area contributed by atoms with Crippen molar-refractivity contribution in [2.75, 3.05) is 6.54 Å². The number of hydrogen-bond donors (Lipinski definition) is 10. The van der Waals surface area contributed by atoms with E-state index in [0.29, 0.717) is 0 Å². The minimum absolute atomic E-state index is 0.272. The average Bonchev–Trinajstić information content (AvgIpc) is 2.08. The smallest absolute Gasteiger partial charge is 0.103 e. The Morgan fingerprint density at radius 2 is 1.47 bits per heavy atom. The molecule has 13 heteroatoms. The summed E-state index contributed by atoms with van der Waals surface area (Å²) in [6, 6.07) is 0. The molecule has 0 aromatic rings. The summed E-state index contributed by atoms with van der Waals surface area (Å²) in [5.41, 5.74) is 7.66. The minimum Gasteiger partial charge on any atom is -0.276 e. The molecule has 92 valence electrons. The van der Waals surface area contributed by atoms with Crippen LogP contribution in [0.3, 0.4) is 0 Å². The third kappa shape index (κ3) is 9.78. The molecule has 0 spiro atoms. The normalized spacial score (nSPS) is 14.2. The van der Waals surface area contributed by atoms with Crippen molar-refractivity contribution in [3.63, 3.8) is 0 Å². The third-order valence-electron chi connectivity index (χ3n) is 1.05. The van der Waals surface area contributed by atoms with E-state index in [1.165, 1.54) is 0 Å². The second-order valence-corrected chi connectivity index (χ2v) is 2.17. The van der Waals surface area contributed by atoms with Crippen molar-refractivity contribution in [3.05, 3.63) is 0 Å². The lowest BCUT2D eigenvalue weighted by molar-refractivity contribution is -0.368. The van der Waals surface area contributed by atoms with Crippen LogP contribution < -0.4 is 21.8 Å². The molecule has 0 saturated carbocycles. The van der Waals surface area contributed by atoms with E-state index >= 15 is 0 Å². The van der Waals surface area contributed by atoms with Gasteiger partial charge < -0.3 is 0 Å². The second-order valence-electron chi connectivity index (χ2n) is 2.17. The summed E-state index contributed by atoms with van der Waals surface area (Å²) in [6.07, 6.45) is -1.04. The van der Waals surface area contributed by atoms with Crippen molar-refractivity contribution in [3.8, 4) is 0 Å². The highest BCUT2D eigenvalue weighted by Crippen LogP contribution is 1.76. The molecule has 0 aliphatic heterocycles. The number of hydrogen-bond acceptors (Lipinski definition) is 13. The van der Waals surface area contributed by atoms with E-state index in [4.69, 9.17) is 31.2 Å². The molecule has 1 unspecified atom stereocenters. The standard InChI is InChI=1S/C2H13N7O6/c10-7(11)3-1-2(5-8(12)13)4-6-9(14)15/h2-6,10-15H,1H2. The lowest BCUT2D eigenvalue weighted by atomic mass is 10.5. The zero-order valence-corrected chi connectivity index (χ0v) is 7.31. The first-order valence-corrected chi connectivity index (χ1v) is 3.46. The predicted molar refractivity (Wildman–Crippen MR) is 37.4 cm³/mol. The highest BCUT2D eigenvalue weighted by molar-refractivity contribution is 4.56. The molecule has 0 bridgehead atoms. The Balaban J connectivity index is 3.84. The monoisotopic (exact) mass is 231 g/mol. The fourth-order valence-electron chi connectivity index (χ4n) is 0.577. The lowest BCUT2D eigenvalue weighted by Gasteiger charge is -2.23. The average molecular weight is 231 g/mol. The molecule has 10 N–H and O–H groups in total. The molecular formula is C2H13N7O6. The Kier molecular flexibility index (Phi) is 7.46. The van der Waals surface area contributed by atoms with Crippen LogP contribution >= 0.6 is 0 Å². The van der Waals surface area contributed by atoms with Crippen molar-refractivity contribution in [2.45, 2.75) is 6.17 Å². The molecule has 0 saturated heterocycles. The predicted octanol–water partition coefficient (Wildman–Crippen LogP) is -3.43. The van der Waals surface area contributed by atoms with Gasteiger partial charge >= 0.3 is 0 Å². The number of hydrazine groups is 4. The van der Waals surface area contributed by atoms with Crippen LogP contribution in [0.15, 0.2) is 0 Å². The maximum atomic E-state index is 8.36. The Morgan fingerprint density at radius 3 is 1.87 bits per heavy atom. The minimum atomic E-state index is -1.04. The SMILES string of the molecule is ON(O)NCC(NNN(O)O)NN(O)O. The molecule has 0 aromatic heterocycles. The molecule has 0 amide bonds. The Bertz CT molecular complexity index is 142. The van der Waals surface area contributed by atoms with Crippen molar-refractivity contribution >= 4 is 0 Å². The van der Waals surface area contributed by atoms with Gasteiger partial charge in [0.2, 0.25) is 0 Å². The van der Waals surface area contributed by atoms with E-state index in [-0.39, 0.29) is 11.9 Å². The summed E-state index contributed by atoms with van der Waals surface area (Å²) in [7, 11) is 0. The summed E-state index contributed by atoms with van der Waals surface area (Å²) in [5.74, 6) is 0. The van der Waals surface area contributed by atoms with Gasteiger partial charge in [0, 0.05) is 22.6 Å². The van der Waals surface area contributed by atoms with Crippen LogP contribution in [0, 0.1) is 0 Å². The summed E-state index contributed by atoms with van der Waals surface area (Å²) in [6.45, 7) is -0.272. The second kappa shape index (κ2) is 7.73. The van der Waals surface area contributed by atoms with Crippen LogP contribution in [-0.4, -0.2) is 60.0 Å². The Morgan fingerprint density at radius 1 is 0.867 bits per heavy atom. The van der Waals surface area contributed by atoms with Crippen LogP contribution in [0.25, 0.3) is 0 Å². The van der Waals surface area contributed by atoms with Gasteiger partial charge in [0.1, 0.15) is 6.17 Å². The van der Waals surface area contributed by atoms with Gasteiger partial charge in [0.05, 0.1) is 0 Å². The van der Waals surface area contributed by atoms with E-state index in [1.54, 1.807) is 5.53 Å². The molecule has 0 fully saturated rings. The fraction of sp³-hybridized carbons (Fsp3) is 1.00. The summed E-state index contributed by atoms with van der Waals surface area (Å²) >= 11 is 0. The zero-order valence-electron chi connectivity index (χ0n) is 7.31. The highest BCUT2D eigenvalue weighted by atomic mass is 16.8. The highest BCUT2D eigenvalue weighted by Gasteiger charge is 2.11. The van der Waals surface area contributed by atoms with Gasteiger partial charge in [0.25, 0.3) is 0 Å². The first kappa shape index (κ1) is 14.5. The molecular weight excluding hydrogens is 218 g/mol. The van der Waals surface area contributed by atoms with Gasteiger partial charge in [-0.05, 0) is 0 Å². The number of rotatable bonds is 8. The maximum Gasteiger partial charge on any atom is 0.103 e. The van der Waals surface area contributed by atoms with Crippen LogP contribution in [0.2, 0.25) is 0 Å². The summed E-state index contributed by atoms with van der Waals surface area (Å²) in [4.78, 5) is 0. The Labute approximate surface area is 83.0 Å². The van der Waals surface area contributed by atoms with Crippen molar-refractivity contribution in [1.82, 2.24) is 37.8 Å². The zero-order chi connectivity index (χ0) is 11.8. The van der Waals surface area contributed by atoms with E-state index in [1.807, 2.05) is 10.9 Å². The van der Waals surface area contributed by atoms with Crippen molar-refractivity contribution < 1.29 is 31.2 Å². The molecule has 0 radical (unpaired) electrons. The van der Waals surface area contributed by atoms with Crippen LogP contribution in [-0.2, 0) is 0 Å². The van der Waals surface area contributed by atoms with E-state index in [0.717, 1.165) is 0 Å². The third-order valence-corrected chi connectivity index (χ3v) is 1.05. The number of nitrogens with zero attached hydrogens (tertiary/aromatic N) is 3. The van der Waals surface area contributed by atoms with Gasteiger partial charge in [0.15, 0.2) is 0 Å². The maximum absolute atomic E-state index is 8.36. The van der Waals surface area contributed by atoms with Crippen molar-refractivity contribution in [2.24, 2.45) is 0 Å². The van der Waals surface area contributed by atoms with Gasteiger partial charge in [-0.15, -0.1) is 5.53 Å². The summed E-state index contributed by atoms with van der Waals surface area (Å²) < 4.78 is 0. The van der Waals surface area contributed by atoms with Crippen LogP contribution in [0.4, 0.5) is 0 Å². The van der Waals surface area contributed by atoms with E-state index < -0.39 is 16.8 Å². The van der Waals surface area contributed by atoms with Gasteiger partial charge in [-0.3, -0.25) is 31.2 Å². The topological polar surface area (TPSA) is 179 Å². The molecule has 0 heterocycles. The van der Waals surface area contributed by atoms with Gasteiger partial charge in [-0.2, -0.15) is 5.43 Å². The largest absolute Gasteiger partial charge is 0.276 e. The number of nitrogens with one attached hydrogen (secondary N) is 4. The van der Waals surface area contributed by atoms with Crippen molar-refractivity contribution in [1.29, 1.82) is 0 Å². The van der Waals surface area contributed by atoms with Crippen LogP contribution in [0.1, 0.15) is 0 Å². The molecule has 0 aliphatic rings. The van der Waals surface area contributed by atoms with E-state index in [2.05, 4.69) is 5.43 Å². The molecule has 0 aliphatic carbocycles. The fourth-order valence-corrected chi connectivity index (χ4v) is 0.577. The van der Waals surface area contributed by atoms with Gasteiger partial charge in [-0.25, -0.2) is 10.9 Å². The van der Waals surface area contributed by atoms with Gasteiger partial charge in [-0.1, -0.05) is 0 Å². The molecule has 0 aromatic carbocycles. The first-order chi connectivity index (χ1) is 6.91. The van der Waals surface area contributed by atoms with Crippen LogP contribution in [0.5, 0.6) is 0 Å². The first-order valence-electron chi connectivity index (χ1n) is 3.46. The Hall–Kier alpha value is -0.520. The molecule has 1 atom stereocenters.